The Morgan fingerprint density at radius 3 is 2.75 bits per heavy atom. The summed E-state index contributed by atoms with van der Waals surface area (Å²) in [4.78, 5) is 21.8. The van der Waals surface area contributed by atoms with E-state index in [2.05, 4.69) is 45.0 Å². The number of imidazole rings is 1. The van der Waals surface area contributed by atoms with E-state index in [0.717, 1.165) is 33.8 Å². The van der Waals surface area contributed by atoms with Crippen LogP contribution in [0.1, 0.15) is 43.6 Å². The molecule has 0 fully saturated rings. The minimum absolute atomic E-state index is 0.0565. The van der Waals surface area contributed by atoms with Gasteiger partial charge in [0.25, 0.3) is 0 Å². The van der Waals surface area contributed by atoms with Crippen molar-refractivity contribution in [2.45, 2.75) is 32.2 Å². The summed E-state index contributed by atoms with van der Waals surface area (Å²) in [5.74, 6) is 1.18. The molecule has 1 amide bonds. The third-order valence-corrected chi connectivity index (χ3v) is 5.17. The fourth-order valence-corrected chi connectivity index (χ4v) is 4.03. The number of carbonyl (C=O) groups is 1. The molecule has 0 aliphatic carbocycles. The van der Waals surface area contributed by atoms with Crippen LogP contribution >= 0.6 is 0 Å². The van der Waals surface area contributed by atoms with Crippen LogP contribution in [-0.2, 0) is 4.79 Å². The van der Waals surface area contributed by atoms with Crippen molar-refractivity contribution in [2.24, 2.45) is 0 Å². The minimum Gasteiger partial charge on any atom is -0.325 e. The Kier molecular flexibility index (Phi) is 3.75. The predicted octanol–water partition coefficient (Wildman–Crippen LogP) is 3.88. The van der Waals surface area contributed by atoms with Crippen molar-refractivity contribution in [3.8, 4) is 11.4 Å². The first-order chi connectivity index (χ1) is 13.6. The molecule has 140 valence electrons. The molecule has 0 spiro atoms. The van der Waals surface area contributed by atoms with Gasteiger partial charge in [0.15, 0.2) is 5.82 Å². The number of hydrogen-bond donors (Lipinski definition) is 2. The number of anilines is 1. The molecule has 0 bridgehead atoms. The van der Waals surface area contributed by atoms with E-state index in [1.807, 2.05) is 36.4 Å². The first-order valence-electron chi connectivity index (χ1n) is 9.40. The number of H-pyrrole nitrogens is 1. The second-order valence-corrected chi connectivity index (χ2v) is 7.30. The summed E-state index contributed by atoms with van der Waals surface area (Å²) in [6.07, 6.45) is 2.07. The molecule has 2 N–H and O–H groups in total. The number of aromatic amines is 1. The fraction of sp³-hybridized carbons (Fsp3) is 0.238. The molecular weight excluding hydrogens is 352 g/mol. The number of nitrogens with one attached hydrogen (secondary N) is 2. The number of rotatable bonds is 3. The Labute approximate surface area is 161 Å². The molecule has 0 saturated carbocycles. The summed E-state index contributed by atoms with van der Waals surface area (Å²) in [6, 6.07) is 14.1. The van der Waals surface area contributed by atoms with Crippen LogP contribution in [0.5, 0.6) is 0 Å². The molecule has 0 radical (unpaired) electrons. The van der Waals surface area contributed by atoms with Crippen LogP contribution in [0.3, 0.4) is 0 Å². The summed E-state index contributed by atoms with van der Waals surface area (Å²) in [6.45, 7) is 4.27. The zero-order chi connectivity index (χ0) is 19.3. The number of pyridine rings is 1. The number of carbonyl (C=O) groups excluding carboxylic acids is 1. The zero-order valence-corrected chi connectivity index (χ0v) is 15.7. The van der Waals surface area contributed by atoms with E-state index < -0.39 is 0 Å². The van der Waals surface area contributed by atoms with Gasteiger partial charge in [0, 0.05) is 24.2 Å². The van der Waals surface area contributed by atoms with Gasteiger partial charge in [0.05, 0.1) is 28.3 Å². The molecule has 1 aliphatic rings. The highest BCUT2D eigenvalue weighted by molar-refractivity contribution is 5.96. The Balaban J connectivity index is 1.75. The maximum absolute atomic E-state index is 12.4. The van der Waals surface area contributed by atoms with Gasteiger partial charge in [0.1, 0.15) is 5.82 Å². The Morgan fingerprint density at radius 1 is 1.14 bits per heavy atom. The lowest BCUT2D eigenvalue weighted by atomic mass is 9.90. The molecular formula is C21H20N6O. The highest BCUT2D eigenvalue weighted by Crippen LogP contribution is 2.42. The lowest BCUT2D eigenvalue weighted by Crippen LogP contribution is -2.25. The highest BCUT2D eigenvalue weighted by atomic mass is 16.1. The van der Waals surface area contributed by atoms with E-state index in [4.69, 9.17) is 4.98 Å². The van der Waals surface area contributed by atoms with E-state index >= 15 is 0 Å². The van der Waals surface area contributed by atoms with E-state index in [1.54, 1.807) is 6.20 Å². The summed E-state index contributed by atoms with van der Waals surface area (Å²) in [5, 5.41) is 10.3. The lowest BCUT2D eigenvalue weighted by molar-refractivity contribution is -0.116. The van der Waals surface area contributed by atoms with Gasteiger partial charge in [0.2, 0.25) is 5.91 Å². The summed E-state index contributed by atoms with van der Waals surface area (Å²) < 4.78 is 2.22. The minimum atomic E-state index is -0.200. The SMILES string of the molecule is CC(C)n1c([C@@H]2CC(=O)Nc3n[nH]c(-c4ccccn4)c32)nc2ccccc21. The average molecular weight is 372 g/mol. The van der Waals surface area contributed by atoms with E-state index in [9.17, 15) is 4.79 Å². The second kappa shape index (κ2) is 6.30. The summed E-state index contributed by atoms with van der Waals surface area (Å²) in [7, 11) is 0. The van der Waals surface area contributed by atoms with Crippen molar-refractivity contribution in [2.75, 3.05) is 5.32 Å². The van der Waals surface area contributed by atoms with E-state index in [-0.39, 0.29) is 17.9 Å². The molecule has 0 saturated heterocycles. The van der Waals surface area contributed by atoms with Gasteiger partial charge >= 0.3 is 0 Å². The van der Waals surface area contributed by atoms with Gasteiger partial charge in [-0.25, -0.2) is 4.98 Å². The average Bonchev–Trinajstić information content (AvgIpc) is 3.29. The molecule has 28 heavy (non-hydrogen) atoms. The molecule has 7 nitrogen and oxygen atoms in total. The molecule has 7 heteroatoms. The lowest BCUT2D eigenvalue weighted by Gasteiger charge is -2.24. The van der Waals surface area contributed by atoms with Crippen molar-refractivity contribution in [1.82, 2.24) is 24.7 Å². The number of amides is 1. The van der Waals surface area contributed by atoms with Crippen LogP contribution in [0.15, 0.2) is 48.7 Å². The quantitative estimate of drug-likeness (QED) is 0.571. The first kappa shape index (κ1) is 16.7. The van der Waals surface area contributed by atoms with Crippen LogP contribution < -0.4 is 5.32 Å². The fourth-order valence-electron chi connectivity index (χ4n) is 4.03. The van der Waals surface area contributed by atoms with Crippen molar-refractivity contribution in [3.63, 3.8) is 0 Å². The highest BCUT2D eigenvalue weighted by Gasteiger charge is 2.35. The number of benzene rings is 1. The first-order valence-corrected chi connectivity index (χ1v) is 9.40. The number of fused-ring (bicyclic) bond motifs is 2. The van der Waals surface area contributed by atoms with Gasteiger partial charge in [-0.2, -0.15) is 5.10 Å². The van der Waals surface area contributed by atoms with Gasteiger partial charge in [-0.05, 0) is 38.1 Å². The monoisotopic (exact) mass is 372 g/mol. The maximum Gasteiger partial charge on any atom is 0.226 e. The molecule has 4 heterocycles. The maximum atomic E-state index is 12.4. The van der Waals surface area contributed by atoms with Gasteiger partial charge in [-0.1, -0.05) is 18.2 Å². The van der Waals surface area contributed by atoms with Crippen LogP contribution in [0, 0.1) is 0 Å². The number of nitrogens with zero attached hydrogens (tertiary/aromatic N) is 4. The normalized spacial score (nSPS) is 16.4. The van der Waals surface area contributed by atoms with Crippen LogP contribution in [0.4, 0.5) is 5.82 Å². The topological polar surface area (TPSA) is 88.5 Å². The van der Waals surface area contributed by atoms with Crippen molar-refractivity contribution < 1.29 is 4.79 Å². The van der Waals surface area contributed by atoms with Gasteiger partial charge in [-0.3, -0.25) is 14.9 Å². The van der Waals surface area contributed by atoms with Crippen molar-refractivity contribution in [1.29, 1.82) is 0 Å². The Bertz CT molecular complexity index is 1170. The van der Waals surface area contributed by atoms with Gasteiger partial charge in [-0.15, -0.1) is 0 Å². The Morgan fingerprint density at radius 2 is 1.96 bits per heavy atom. The van der Waals surface area contributed by atoms with E-state index in [1.165, 1.54) is 0 Å². The summed E-state index contributed by atoms with van der Waals surface area (Å²) >= 11 is 0. The van der Waals surface area contributed by atoms with Crippen molar-refractivity contribution in [3.05, 3.63) is 60.0 Å². The molecule has 1 aliphatic heterocycles. The van der Waals surface area contributed by atoms with E-state index in [0.29, 0.717) is 12.2 Å². The smallest absolute Gasteiger partial charge is 0.226 e. The molecule has 1 atom stereocenters. The molecule has 5 rings (SSSR count). The van der Waals surface area contributed by atoms with Crippen molar-refractivity contribution >= 4 is 22.8 Å². The molecule has 4 aromatic rings. The third-order valence-electron chi connectivity index (χ3n) is 5.17. The number of hydrogen-bond acceptors (Lipinski definition) is 4. The standard InChI is InChI=1S/C21H20N6O/c1-12(2)27-16-9-4-3-7-14(16)23-21(27)13-11-17(28)24-20-18(13)19(25-26-20)15-8-5-6-10-22-15/h3-10,12-13H,11H2,1-2H3,(H2,24,25,26,28)/t13-/m1/s1. The Hall–Kier alpha value is -3.48. The van der Waals surface area contributed by atoms with Gasteiger partial charge < -0.3 is 9.88 Å². The third kappa shape index (κ3) is 2.51. The largest absolute Gasteiger partial charge is 0.325 e. The number of para-hydroxylation sites is 2. The number of aromatic nitrogens is 5. The summed E-state index contributed by atoms with van der Waals surface area (Å²) in [5.41, 5.74) is 4.56. The molecule has 3 aromatic heterocycles. The van der Waals surface area contributed by atoms with Crippen LogP contribution in [0.2, 0.25) is 0 Å². The second-order valence-electron chi connectivity index (χ2n) is 7.30. The van der Waals surface area contributed by atoms with Crippen LogP contribution in [-0.4, -0.2) is 30.6 Å². The molecule has 0 unspecified atom stereocenters. The zero-order valence-electron chi connectivity index (χ0n) is 15.7. The van der Waals surface area contributed by atoms with Crippen LogP contribution in [0.25, 0.3) is 22.4 Å². The molecule has 1 aromatic carbocycles. The predicted molar refractivity (Wildman–Crippen MR) is 107 cm³/mol.